The van der Waals surface area contributed by atoms with E-state index in [1.807, 2.05) is 0 Å². The van der Waals surface area contributed by atoms with Crippen LogP contribution in [-0.4, -0.2) is 37.2 Å². The van der Waals surface area contributed by atoms with Crippen LogP contribution in [0.25, 0.3) is 0 Å². The van der Waals surface area contributed by atoms with Crippen molar-refractivity contribution in [2.45, 2.75) is 0 Å². The van der Waals surface area contributed by atoms with Gasteiger partial charge in [0, 0.05) is 25.7 Å². The molecule has 0 spiro atoms. The number of halogens is 2. The van der Waals surface area contributed by atoms with E-state index in [1.165, 1.54) is 0 Å². The van der Waals surface area contributed by atoms with E-state index in [0.717, 1.165) is 31.3 Å². The Morgan fingerprint density at radius 3 is 2.88 bits per heavy atom. The predicted octanol–water partition coefficient (Wildman–Crippen LogP) is 1.83. The zero-order valence-corrected chi connectivity index (χ0v) is 9.08. The predicted molar refractivity (Wildman–Crippen MR) is 57.8 cm³/mol. The van der Waals surface area contributed by atoms with Gasteiger partial charge in [-0.1, -0.05) is 0 Å². The highest BCUT2D eigenvalue weighted by molar-refractivity contribution is 5.84. The topological polar surface area (TPSA) is 41.3 Å². The van der Waals surface area contributed by atoms with Gasteiger partial charge >= 0.3 is 6.09 Å². The van der Waals surface area contributed by atoms with Crippen LogP contribution in [-0.2, 0) is 4.74 Å². The minimum atomic E-state index is -0.781. The number of rotatable bonds is 4. The summed E-state index contributed by atoms with van der Waals surface area (Å²) in [6.07, 6.45) is -0.781. The van der Waals surface area contributed by atoms with Gasteiger partial charge in [0.2, 0.25) is 0 Å². The third-order valence-corrected chi connectivity index (χ3v) is 2.35. The fraction of sp³-hybridized carbons (Fsp3) is 0.364. The standard InChI is InChI=1S/C11H12F2N2O2/c12-8-1-2-9(13)10(7-8)14-11(16)17-6-5-15-3-4-15/h1-2,7H,3-6H2,(H,14,16). The molecule has 1 saturated heterocycles. The first-order valence-electron chi connectivity index (χ1n) is 5.26. The molecule has 0 atom stereocenters. The molecule has 1 aromatic carbocycles. The first-order valence-corrected chi connectivity index (χ1v) is 5.26. The lowest BCUT2D eigenvalue weighted by atomic mass is 10.3. The number of carbonyl (C=O) groups excluding carboxylic acids is 1. The molecule has 0 unspecified atom stereocenters. The molecule has 1 fully saturated rings. The maximum Gasteiger partial charge on any atom is 0.411 e. The van der Waals surface area contributed by atoms with Gasteiger partial charge in [-0.25, -0.2) is 13.6 Å². The Balaban J connectivity index is 1.81. The zero-order chi connectivity index (χ0) is 12.3. The molecule has 0 aliphatic carbocycles. The van der Waals surface area contributed by atoms with Crippen LogP contribution in [0.2, 0.25) is 0 Å². The average molecular weight is 242 g/mol. The van der Waals surface area contributed by atoms with Gasteiger partial charge in [-0.05, 0) is 12.1 Å². The number of anilines is 1. The van der Waals surface area contributed by atoms with E-state index in [1.54, 1.807) is 0 Å². The second-order valence-electron chi connectivity index (χ2n) is 3.73. The summed E-state index contributed by atoms with van der Waals surface area (Å²) in [7, 11) is 0. The first-order chi connectivity index (χ1) is 8.15. The number of nitrogens with one attached hydrogen (secondary N) is 1. The van der Waals surface area contributed by atoms with Crippen LogP contribution in [0.1, 0.15) is 0 Å². The van der Waals surface area contributed by atoms with Gasteiger partial charge in [0.05, 0.1) is 5.69 Å². The summed E-state index contributed by atoms with van der Waals surface area (Å²) in [4.78, 5) is 13.3. The van der Waals surface area contributed by atoms with Crippen LogP contribution in [0.3, 0.4) is 0 Å². The van der Waals surface area contributed by atoms with E-state index < -0.39 is 17.7 Å². The van der Waals surface area contributed by atoms with E-state index in [0.29, 0.717) is 6.54 Å². The third kappa shape index (κ3) is 3.67. The van der Waals surface area contributed by atoms with Crippen LogP contribution in [0, 0.1) is 11.6 Å². The normalized spacial score (nSPS) is 14.5. The highest BCUT2D eigenvalue weighted by Crippen LogP contribution is 2.15. The van der Waals surface area contributed by atoms with Crippen molar-refractivity contribution >= 4 is 11.8 Å². The summed E-state index contributed by atoms with van der Waals surface area (Å²) in [5, 5.41) is 2.15. The van der Waals surface area contributed by atoms with Crippen LogP contribution in [0.4, 0.5) is 19.3 Å². The minimum Gasteiger partial charge on any atom is -0.448 e. The number of hydrogen-bond acceptors (Lipinski definition) is 3. The smallest absolute Gasteiger partial charge is 0.411 e. The van der Waals surface area contributed by atoms with Crippen molar-refractivity contribution < 1.29 is 18.3 Å². The molecular weight excluding hydrogens is 230 g/mol. The van der Waals surface area contributed by atoms with Gasteiger partial charge in [-0.15, -0.1) is 0 Å². The maximum atomic E-state index is 13.1. The summed E-state index contributed by atoms with van der Waals surface area (Å²) < 4.78 is 30.8. The van der Waals surface area contributed by atoms with Crippen molar-refractivity contribution in [3.05, 3.63) is 29.8 Å². The Morgan fingerprint density at radius 1 is 1.41 bits per heavy atom. The second kappa shape index (κ2) is 5.09. The molecule has 0 saturated carbocycles. The molecule has 1 aromatic rings. The lowest BCUT2D eigenvalue weighted by Crippen LogP contribution is -2.18. The molecular formula is C11H12F2N2O2. The number of amides is 1. The van der Waals surface area contributed by atoms with Gasteiger partial charge in [0.25, 0.3) is 0 Å². The van der Waals surface area contributed by atoms with E-state index in [4.69, 9.17) is 4.74 Å². The fourth-order valence-electron chi connectivity index (χ4n) is 1.30. The number of hydrogen-bond donors (Lipinski definition) is 1. The highest BCUT2D eigenvalue weighted by atomic mass is 19.1. The van der Waals surface area contributed by atoms with Crippen LogP contribution in [0.5, 0.6) is 0 Å². The van der Waals surface area contributed by atoms with E-state index in [2.05, 4.69) is 10.2 Å². The minimum absolute atomic E-state index is 0.221. The molecule has 0 bridgehead atoms. The number of carbonyl (C=O) groups is 1. The Morgan fingerprint density at radius 2 is 2.18 bits per heavy atom. The SMILES string of the molecule is O=C(Nc1cc(F)ccc1F)OCCN1CC1. The van der Waals surface area contributed by atoms with Gasteiger partial charge in [0.15, 0.2) is 0 Å². The zero-order valence-electron chi connectivity index (χ0n) is 9.08. The molecule has 1 aliphatic rings. The summed E-state index contributed by atoms with van der Waals surface area (Å²) >= 11 is 0. The van der Waals surface area contributed by atoms with E-state index in [-0.39, 0.29) is 12.3 Å². The average Bonchev–Trinajstić information content (AvgIpc) is 3.07. The molecule has 0 aromatic heterocycles. The van der Waals surface area contributed by atoms with Crippen molar-refractivity contribution in [1.29, 1.82) is 0 Å². The molecule has 1 amide bonds. The summed E-state index contributed by atoms with van der Waals surface area (Å²) in [5.74, 6) is -1.32. The van der Waals surface area contributed by atoms with Gasteiger partial charge in [-0.3, -0.25) is 10.2 Å². The van der Waals surface area contributed by atoms with Crippen molar-refractivity contribution in [3.8, 4) is 0 Å². The number of benzene rings is 1. The molecule has 0 radical (unpaired) electrons. The van der Waals surface area contributed by atoms with E-state index >= 15 is 0 Å². The molecule has 1 aliphatic heterocycles. The fourth-order valence-corrected chi connectivity index (χ4v) is 1.30. The largest absolute Gasteiger partial charge is 0.448 e. The molecule has 1 heterocycles. The molecule has 2 rings (SSSR count). The molecule has 6 heteroatoms. The molecule has 1 N–H and O–H groups in total. The van der Waals surface area contributed by atoms with Crippen LogP contribution < -0.4 is 5.32 Å². The Hall–Kier alpha value is -1.69. The van der Waals surface area contributed by atoms with Crippen molar-refractivity contribution in [3.63, 3.8) is 0 Å². The Labute approximate surface area is 97.2 Å². The van der Waals surface area contributed by atoms with Crippen LogP contribution in [0.15, 0.2) is 18.2 Å². The van der Waals surface area contributed by atoms with E-state index in [9.17, 15) is 13.6 Å². The van der Waals surface area contributed by atoms with Crippen molar-refractivity contribution in [2.24, 2.45) is 0 Å². The lowest BCUT2D eigenvalue weighted by Gasteiger charge is -2.07. The summed E-state index contributed by atoms with van der Waals surface area (Å²) in [6.45, 7) is 2.94. The first kappa shape index (κ1) is 11.8. The monoisotopic (exact) mass is 242 g/mol. The Bertz CT molecular complexity index is 422. The lowest BCUT2D eigenvalue weighted by molar-refractivity contribution is 0.157. The molecule has 17 heavy (non-hydrogen) atoms. The molecule has 92 valence electrons. The molecule has 4 nitrogen and oxygen atoms in total. The van der Waals surface area contributed by atoms with Gasteiger partial charge in [-0.2, -0.15) is 0 Å². The van der Waals surface area contributed by atoms with Gasteiger partial charge < -0.3 is 4.74 Å². The Kier molecular flexibility index (Phi) is 3.53. The number of nitrogens with zero attached hydrogens (tertiary/aromatic N) is 1. The quantitative estimate of drug-likeness (QED) is 0.819. The second-order valence-corrected chi connectivity index (χ2v) is 3.73. The highest BCUT2D eigenvalue weighted by Gasteiger charge is 2.17. The summed E-state index contributed by atoms with van der Waals surface area (Å²) in [5.41, 5.74) is -0.221. The van der Waals surface area contributed by atoms with Crippen molar-refractivity contribution in [2.75, 3.05) is 31.6 Å². The van der Waals surface area contributed by atoms with Crippen molar-refractivity contribution in [1.82, 2.24) is 4.90 Å². The van der Waals surface area contributed by atoms with Gasteiger partial charge in [0.1, 0.15) is 18.2 Å². The summed E-state index contributed by atoms with van der Waals surface area (Å²) in [6, 6.07) is 2.83. The van der Waals surface area contributed by atoms with Crippen LogP contribution >= 0.6 is 0 Å². The third-order valence-electron chi connectivity index (χ3n) is 2.35. The maximum absolute atomic E-state index is 13.1. The number of ether oxygens (including phenoxy) is 1.